The number of rotatable bonds is 5. The zero-order valence-corrected chi connectivity index (χ0v) is 10.2. The number of benzene rings is 1. The topological polar surface area (TPSA) is 20.2 Å². The SMILES string of the molecule is CCCCCC(O)C1CCc2ccccc21. The molecule has 0 saturated carbocycles. The fourth-order valence-electron chi connectivity index (χ4n) is 2.79. The Labute approximate surface area is 98.5 Å². The standard InChI is InChI=1S/C15H22O/c1-2-3-4-9-15(16)14-11-10-12-7-5-6-8-13(12)14/h5-8,14-16H,2-4,9-11H2,1H3. The van der Waals surface area contributed by atoms with Gasteiger partial charge in [-0.05, 0) is 30.4 Å². The first-order valence-electron chi connectivity index (χ1n) is 6.58. The molecule has 1 aliphatic carbocycles. The fraction of sp³-hybridized carbons (Fsp3) is 0.600. The molecule has 1 N–H and O–H groups in total. The zero-order chi connectivity index (χ0) is 11.4. The Morgan fingerprint density at radius 3 is 2.94 bits per heavy atom. The molecule has 0 fully saturated rings. The van der Waals surface area contributed by atoms with Crippen molar-refractivity contribution in [1.82, 2.24) is 0 Å². The van der Waals surface area contributed by atoms with Crippen molar-refractivity contribution in [3.05, 3.63) is 35.4 Å². The van der Waals surface area contributed by atoms with Crippen LogP contribution in [0.25, 0.3) is 0 Å². The Kier molecular flexibility index (Phi) is 4.00. The molecule has 1 aliphatic rings. The van der Waals surface area contributed by atoms with E-state index in [-0.39, 0.29) is 6.10 Å². The lowest BCUT2D eigenvalue weighted by atomic mass is 9.92. The molecule has 1 nitrogen and oxygen atoms in total. The normalized spacial score (nSPS) is 20.8. The maximum absolute atomic E-state index is 10.2. The Morgan fingerprint density at radius 1 is 1.31 bits per heavy atom. The van der Waals surface area contributed by atoms with Crippen molar-refractivity contribution in [2.75, 3.05) is 0 Å². The highest BCUT2D eigenvalue weighted by Crippen LogP contribution is 2.36. The highest BCUT2D eigenvalue weighted by Gasteiger charge is 2.27. The number of unbranched alkanes of at least 4 members (excludes halogenated alkanes) is 2. The molecule has 88 valence electrons. The molecule has 2 rings (SSSR count). The van der Waals surface area contributed by atoms with Crippen LogP contribution in [0.2, 0.25) is 0 Å². The second kappa shape index (κ2) is 5.49. The summed E-state index contributed by atoms with van der Waals surface area (Å²) in [6.07, 6.45) is 6.75. The average molecular weight is 218 g/mol. The van der Waals surface area contributed by atoms with Crippen LogP contribution >= 0.6 is 0 Å². The van der Waals surface area contributed by atoms with Crippen molar-refractivity contribution < 1.29 is 5.11 Å². The molecule has 0 aromatic heterocycles. The molecule has 0 bridgehead atoms. The molecule has 0 radical (unpaired) electrons. The first-order valence-corrected chi connectivity index (χ1v) is 6.58. The zero-order valence-electron chi connectivity index (χ0n) is 10.2. The van der Waals surface area contributed by atoms with Gasteiger partial charge in [0.05, 0.1) is 6.10 Å². The third-order valence-electron chi connectivity index (χ3n) is 3.75. The van der Waals surface area contributed by atoms with E-state index >= 15 is 0 Å². The number of hydrogen-bond acceptors (Lipinski definition) is 1. The molecule has 0 spiro atoms. The summed E-state index contributed by atoms with van der Waals surface area (Å²) in [5, 5.41) is 10.2. The first-order chi connectivity index (χ1) is 7.83. The molecule has 0 heterocycles. The van der Waals surface area contributed by atoms with E-state index in [1.165, 1.54) is 24.0 Å². The molecule has 2 unspecified atom stereocenters. The van der Waals surface area contributed by atoms with Gasteiger partial charge >= 0.3 is 0 Å². The largest absolute Gasteiger partial charge is 0.392 e. The maximum Gasteiger partial charge on any atom is 0.0608 e. The van der Waals surface area contributed by atoms with Gasteiger partial charge in [0, 0.05) is 5.92 Å². The molecular formula is C15H22O. The van der Waals surface area contributed by atoms with Gasteiger partial charge in [-0.15, -0.1) is 0 Å². The van der Waals surface area contributed by atoms with Crippen LogP contribution in [0.5, 0.6) is 0 Å². The molecule has 1 aromatic rings. The van der Waals surface area contributed by atoms with Gasteiger partial charge < -0.3 is 5.11 Å². The molecule has 0 aliphatic heterocycles. The molecule has 1 heteroatoms. The van der Waals surface area contributed by atoms with Crippen LogP contribution in [-0.4, -0.2) is 11.2 Å². The third-order valence-corrected chi connectivity index (χ3v) is 3.75. The van der Waals surface area contributed by atoms with E-state index in [2.05, 4.69) is 31.2 Å². The van der Waals surface area contributed by atoms with Crippen LogP contribution < -0.4 is 0 Å². The van der Waals surface area contributed by atoms with Gasteiger partial charge in [0.1, 0.15) is 0 Å². The number of fused-ring (bicyclic) bond motifs is 1. The van der Waals surface area contributed by atoms with E-state index in [0.29, 0.717) is 5.92 Å². The smallest absolute Gasteiger partial charge is 0.0608 e. The minimum Gasteiger partial charge on any atom is -0.392 e. The first kappa shape index (κ1) is 11.7. The van der Waals surface area contributed by atoms with Crippen LogP contribution in [0.1, 0.15) is 56.1 Å². The van der Waals surface area contributed by atoms with Crippen LogP contribution in [0, 0.1) is 0 Å². The van der Waals surface area contributed by atoms with Gasteiger partial charge in [-0.3, -0.25) is 0 Å². The molecule has 1 aromatic carbocycles. The van der Waals surface area contributed by atoms with Crippen LogP contribution in [0.4, 0.5) is 0 Å². The highest BCUT2D eigenvalue weighted by atomic mass is 16.3. The van der Waals surface area contributed by atoms with Gasteiger partial charge in [-0.25, -0.2) is 0 Å². The van der Waals surface area contributed by atoms with Crippen molar-refractivity contribution in [2.24, 2.45) is 0 Å². The highest BCUT2D eigenvalue weighted by molar-refractivity contribution is 5.35. The summed E-state index contributed by atoms with van der Waals surface area (Å²) >= 11 is 0. The predicted molar refractivity (Wildman–Crippen MR) is 67.7 cm³/mol. The summed E-state index contributed by atoms with van der Waals surface area (Å²) in [7, 11) is 0. The van der Waals surface area contributed by atoms with Crippen LogP contribution in [0.3, 0.4) is 0 Å². The summed E-state index contributed by atoms with van der Waals surface area (Å²) in [6, 6.07) is 8.59. The molecule has 16 heavy (non-hydrogen) atoms. The summed E-state index contributed by atoms with van der Waals surface area (Å²) in [6.45, 7) is 2.21. The van der Waals surface area contributed by atoms with E-state index in [4.69, 9.17) is 0 Å². The third kappa shape index (κ3) is 2.46. The number of hydrogen-bond donors (Lipinski definition) is 1. The van der Waals surface area contributed by atoms with Gasteiger partial charge in [-0.1, -0.05) is 50.5 Å². The van der Waals surface area contributed by atoms with Crippen LogP contribution in [0.15, 0.2) is 24.3 Å². The maximum atomic E-state index is 10.2. The summed E-state index contributed by atoms with van der Waals surface area (Å²) < 4.78 is 0. The van der Waals surface area contributed by atoms with Crippen molar-refractivity contribution in [2.45, 2.75) is 57.5 Å². The second-order valence-electron chi connectivity index (χ2n) is 4.91. The minimum atomic E-state index is -0.129. The lowest BCUT2D eigenvalue weighted by Crippen LogP contribution is -2.16. The quantitative estimate of drug-likeness (QED) is 0.748. The Morgan fingerprint density at radius 2 is 2.12 bits per heavy atom. The van der Waals surface area contributed by atoms with Gasteiger partial charge in [-0.2, -0.15) is 0 Å². The number of aryl methyl sites for hydroxylation is 1. The number of aliphatic hydroxyl groups excluding tert-OH is 1. The minimum absolute atomic E-state index is 0.129. The second-order valence-corrected chi connectivity index (χ2v) is 4.91. The molecular weight excluding hydrogens is 196 g/mol. The van der Waals surface area contributed by atoms with E-state index < -0.39 is 0 Å². The van der Waals surface area contributed by atoms with Gasteiger partial charge in [0.15, 0.2) is 0 Å². The Balaban J connectivity index is 1.96. The summed E-state index contributed by atoms with van der Waals surface area (Å²) in [5.74, 6) is 0.396. The molecule has 0 amide bonds. The Bertz CT molecular complexity index is 332. The van der Waals surface area contributed by atoms with Crippen molar-refractivity contribution in [1.29, 1.82) is 0 Å². The molecule has 0 saturated heterocycles. The van der Waals surface area contributed by atoms with Crippen molar-refractivity contribution in [3.63, 3.8) is 0 Å². The Hall–Kier alpha value is -0.820. The molecule has 2 atom stereocenters. The average Bonchev–Trinajstić information content (AvgIpc) is 2.73. The predicted octanol–water partition coefficient (Wildman–Crippen LogP) is 3.66. The summed E-state index contributed by atoms with van der Waals surface area (Å²) in [5.41, 5.74) is 2.84. The van der Waals surface area contributed by atoms with E-state index in [1.54, 1.807) is 0 Å². The van der Waals surface area contributed by atoms with Gasteiger partial charge in [0.25, 0.3) is 0 Å². The van der Waals surface area contributed by atoms with Gasteiger partial charge in [0.2, 0.25) is 0 Å². The van der Waals surface area contributed by atoms with E-state index in [0.717, 1.165) is 25.7 Å². The lowest BCUT2D eigenvalue weighted by molar-refractivity contribution is 0.130. The fourth-order valence-corrected chi connectivity index (χ4v) is 2.79. The lowest BCUT2D eigenvalue weighted by Gasteiger charge is -2.19. The van der Waals surface area contributed by atoms with Crippen LogP contribution in [-0.2, 0) is 6.42 Å². The van der Waals surface area contributed by atoms with E-state index in [1.807, 2.05) is 0 Å². The number of aliphatic hydroxyl groups is 1. The monoisotopic (exact) mass is 218 g/mol. The van der Waals surface area contributed by atoms with E-state index in [9.17, 15) is 5.11 Å². The summed E-state index contributed by atoms with van der Waals surface area (Å²) in [4.78, 5) is 0. The van der Waals surface area contributed by atoms with Crippen molar-refractivity contribution in [3.8, 4) is 0 Å². The van der Waals surface area contributed by atoms with Crippen molar-refractivity contribution >= 4 is 0 Å².